The third kappa shape index (κ3) is 5.60. The molecule has 3 atom stereocenters. The molecule has 0 radical (unpaired) electrons. The van der Waals surface area contributed by atoms with Gasteiger partial charge in [0.2, 0.25) is 17.7 Å². The number of aryl methyl sites for hydroxylation is 4. The lowest BCUT2D eigenvalue weighted by Gasteiger charge is -2.27. The Labute approximate surface area is 278 Å². The molecule has 2 amide bonds. The number of nitrogens with zero attached hydrogens (tertiary/aromatic N) is 8. The normalized spacial score (nSPS) is 20.0. The van der Waals surface area contributed by atoms with Crippen LogP contribution in [-0.2, 0) is 22.6 Å². The number of halogens is 1. The summed E-state index contributed by atoms with van der Waals surface area (Å²) in [4.78, 5) is 60.1. The molecule has 240 valence electrons. The lowest BCUT2D eigenvalue weighted by molar-refractivity contribution is -0.138. The van der Waals surface area contributed by atoms with Gasteiger partial charge in [-0.05, 0) is 91.4 Å². The topological polar surface area (TPSA) is 162 Å². The highest BCUT2D eigenvalue weighted by Gasteiger charge is 2.67. The van der Waals surface area contributed by atoms with Crippen molar-refractivity contribution in [3.8, 4) is 11.1 Å². The highest BCUT2D eigenvalue weighted by atomic mass is 79.9. The second-order valence-electron chi connectivity index (χ2n) is 12.6. The molecule has 1 saturated heterocycles. The summed E-state index contributed by atoms with van der Waals surface area (Å²) in [6.45, 7) is 8.66. The van der Waals surface area contributed by atoms with Crippen LogP contribution >= 0.6 is 15.9 Å². The van der Waals surface area contributed by atoms with Crippen LogP contribution in [0.4, 0.5) is 5.82 Å². The number of ketones is 1. The zero-order valence-corrected chi connectivity index (χ0v) is 28.1. The molecule has 1 aromatic carbocycles. The number of carbonyl (C=O) groups excluding carboxylic acids is 3. The first-order valence-corrected chi connectivity index (χ1v) is 16.1. The summed E-state index contributed by atoms with van der Waals surface area (Å²) in [6.07, 6.45) is 5.09. The monoisotopic (exact) mass is 697 g/mol. The van der Waals surface area contributed by atoms with E-state index in [1.165, 1.54) is 6.92 Å². The zero-order chi connectivity index (χ0) is 33.2. The number of piperidine rings is 1. The first kappa shape index (κ1) is 30.8. The van der Waals surface area contributed by atoms with Crippen molar-refractivity contribution < 1.29 is 18.9 Å². The Balaban J connectivity index is 1.22. The van der Waals surface area contributed by atoms with Crippen LogP contribution < -0.4 is 5.32 Å². The van der Waals surface area contributed by atoms with Gasteiger partial charge in [0, 0.05) is 48.1 Å². The van der Waals surface area contributed by atoms with Crippen LogP contribution in [0.2, 0.25) is 0 Å². The van der Waals surface area contributed by atoms with Gasteiger partial charge in [0.15, 0.2) is 11.6 Å². The molecule has 13 nitrogen and oxygen atoms in total. The Bertz CT molecular complexity index is 2090. The maximum absolute atomic E-state index is 14.3. The van der Waals surface area contributed by atoms with Crippen LogP contribution in [0.3, 0.4) is 0 Å². The Morgan fingerprint density at radius 2 is 1.77 bits per heavy atom. The fourth-order valence-corrected chi connectivity index (χ4v) is 7.14. The average molecular weight is 699 g/mol. The number of rotatable bonds is 8. The van der Waals surface area contributed by atoms with E-state index < -0.39 is 6.04 Å². The molecule has 0 spiro atoms. The van der Waals surface area contributed by atoms with E-state index in [1.807, 2.05) is 39.0 Å². The Hall–Kier alpha value is -4.85. The van der Waals surface area contributed by atoms with Gasteiger partial charge in [0.05, 0.1) is 5.52 Å². The number of pyridine rings is 1. The Kier molecular flexibility index (Phi) is 7.49. The summed E-state index contributed by atoms with van der Waals surface area (Å²) < 4.78 is 7.60. The molecule has 0 bridgehead atoms. The number of aromatic nitrogens is 7. The molecular formula is C33H32BrN9O4. The summed E-state index contributed by atoms with van der Waals surface area (Å²) in [7, 11) is 0. The molecule has 1 saturated carbocycles. The summed E-state index contributed by atoms with van der Waals surface area (Å²) in [6, 6.07) is 6.57. The number of nitrogens with one attached hydrogen (secondary N) is 1. The van der Waals surface area contributed by atoms with Crippen LogP contribution in [0, 0.1) is 33.1 Å². The highest BCUT2D eigenvalue weighted by molar-refractivity contribution is 9.10. The van der Waals surface area contributed by atoms with Gasteiger partial charge in [-0.3, -0.25) is 19.1 Å². The quantitative estimate of drug-likeness (QED) is 0.178. The number of hydrogen-bond acceptors (Lipinski definition) is 10. The number of anilines is 1. The van der Waals surface area contributed by atoms with Gasteiger partial charge >= 0.3 is 0 Å². The van der Waals surface area contributed by atoms with E-state index in [0.29, 0.717) is 58.1 Å². The molecular weight excluding hydrogens is 666 g/mol. The lowest BCUT2D eigenvalue weighted by atomic mass is 9.95. The first-order chi connectivity index (χ1) is 22.4. The number of likely N-dealkylation sites (tertiary alicyclic amines) is 1. The zero-order valence-electron chi connectivity index (χ0n) is 26.5. The molecule has 2 aliphatic rings. The number of amides is 2. The van der Waals surface area contributed by atoms with Crippen LogP contribution in [-0.4, -0.2) is 69.5 Å². The van der Waals surface area contributed by atoms with Crippen molar-refractivity contribution in [2.45, 2.75) is 72.5 Å². The number of fused-ring (bicyclic) bond motifs is 2. The third-order valence-corrected chi connectivity index (χ3v) is 9.60. The van der Waals surface area contributed by atoms with Crippen LogP contribution in [0.15, 0.2) is 45.8 Å². The molecule has 14 heteroatoms. The first-order valence-electron chi connectivity index (χ1n) is 15.3. The number of benzene rings is 1. The molecule has 5 heterocycles. The number of hydrogen-bond donors (Lipinski definition) is 1. The van der Waals surface area contributed by atoms with E-state index in [-0.39, 0.29) is 41.3 Å². The van der Waals surface area contributed by atoms with Gasteiger partial charge in [-0.1, -0.05) is 11.2 Å². The molecule has 4 aromatic heterocycles. The van der Waals surface area contributed by atoms with Crippen LogP contribution in [0.5, 0.6) is 0 Å². The van der Waals surface area contributed by atoms with Crippen molar-refractivity contribution in [2.24, 2.45) is 5.41 Å². The van der Waals surface area contributed by atoms with Crippen LogP contribution in [0.25, 0.3) is 22.0 Å². The summed E-state index contributed by atoms with van der Waals surface area (Å²) in [5.74, 6) is 1.29. The van der Waals surface area contributed by atoms with E-state index >= 15 is 0 Å². The van der Waals surface area contributed by atoms with E-state index in [9.17, 15) is 14.4 Å². The van der Waals surface area contributed by atoms with E-state index in [1.54, 1.807) is 35.0 Å². The molecule has 1 N–H and O–H groups in total. The minimum Gasteiger partial charge on any atom is -0.339 e. The summed E-state index contributed by atoms with van der Waals surface area (Å²) in [5.41, 5.74) is 3.86. The molecule has 2 fully saturated rings. The largest absolute Gasteiger partial charge is 0.339 e. The maximum atomic E-state index is 14.3. The molecule has 1 aliphatic heterocycles. The molecule has 1 aliphatic carbocycles. The summed E-state index contributed by atoms with van der Waals surface area (Å²) in [5, 5.41) is 12.1. The van der Waals surface area contributed by atoms with Gasteiger partial charge in [-0.2, -0.15) is 10.1 Å². The van der Waals surface area contributed by atoms with Crippen molar-refractivity contribution >= 4 is 50.2 Å². The fourth-order valence-electron chi connectivity index (χ4n) is 6.83. The molecule has 5 aromatic rings. The van der Waals surface area contributed by atoms with Crippen molar-refractivity contribution in [1.82, 2.24) is 39.8 Å². The minimum absolute atomic E-state index is 0.151. The third-order valence-electron chi connectivity index (χ3n) is 9.15. The lowest BCUT2D eigenvalue weighted by Crippen LogP contribution is -2.47. The SMILES string of the molecule is CC(=O)c1nn(CC(=O)N2[C@H](C(=O)Nc3nc(Br)ccc3C)C[C@@]3(Cc4nc(C)no4)C[C@@H]23)c2c(C)cc(-c3cnc(C)nc3)cc12. The molecule has 7 rings (SSSR count). The van der Waals surface area contributed by atoms with E-state index in [4.69, 9.17) is 4.52 Å². The van der Waals surface area contributed by atoms with Crippen molar-refractivity contribution in [1.29, 1.82) is 0 Å². The van der Waals surface area contributed by atoms with Gasteiger partial charge in [-0.15, -0.1) is 0 Å². The predicted octanol–water partition coefficient (Wildman–Crippen LogP) is 4.71. The smallest absolute Gasteiger partial charge is 0.248 e. The van der Waals surface area contributed by atoms with Crippen LogP contribution in [0.1, 0.15) is 58.9 Å². The highest BCUT2D eigenvalue weighted by Crippen LogP contribution is 2.61. The van der Waals surface area contributed by atoms with Gasteiger partial charge < -0.3 is 14.7 Å². The van der Waals surface area contributed by atoms with Gasteiger partial charge in [-0.25, -0.2) is 15.0 Å². The van der Waals surface area contributed by atoms with Gasteiger partial charge in [0.1, 0.15) is 34.5 Å². The Morgan fingerprint density at radius 1 is 1.00 bits per heavy atom. The van der Waals surface area contributed by atoms with E-state index in [0.717, 1.165) is 22.3 Å². The Morgan fingerprint density at radius 3 is 2.47 bits per heavy atom. The minimum atomic E-state index is -0.756. The van der Waals surface area contributed by atoms with Crippen molar-refractivity contribution in [3.05, 3.63) is 75.6 Å². The predicted molar refractivity (Wildman–Crippen MR) is 174 cm³/mol. The van der Waals surface area contributed by atoms with Gasteiger partial charge in [0.25, 0.3) is 0 Å². The average Bonchev–Trinajstić information content (AvgIpc) is 3.28. The van der Waals surface area contributed by atoms with Crippen molar-refractivity contribution in [2.75, 3.05) is 5.32 Å². The fraction of sp³-hybridized carbons (Fsp3) is 0.364. The summed E-state index contributed by atoms with van der Waals surface area (Å²) >= 11 is 3.37. The second kappa shape index (κ2) is 11.4. The standard InChI is InChI=1S/C33H32BrN9O4/c1-16-6-7-26(34)38-31(16)39-32(46)24-10-33(12-27-37-20(5)41-47-27)11-25(33)43(24)28(45)15-42-30-17(2)8-21(22-13-35-19(4)36-14-22)9-23(30)29(40-42)18(3)44/h6-9,13-14,24-25H,10-12,15H2,1-5H3,(H,38,39,46)/t24-,25+,33-/m0/s1. The number of carbonyl (C=O) groups is 3. The molecule has 0 unspecified atom stereocenters. The number of Topliss-reactive ketones (excluding diaryl/α,β-unsaturated/α-hetero) is 1. The van der Waals surface area contributed by atoms with E-state index in [2.05, 4.69) is 51.4 Å². The maximum Gasteiger partial charge on any atom is 0.248 e. The second-order valence-corrected chi connectivity index (χ2v) is 13.4. The van der Waals surface area contributed by atoms with Crippen molar-refractivity contribution in [3.63, 3.8) is 0 Å². The molecule has 47 heavy (non-hydrogen) atoms.